The summed E-state index contributed by atoms with van der Waals surface area (Å²) >= 11 is 0. The first-order chi connectivity index (χ1) is 12.4. The summed E-state index contributed by atoms with van der Waals surface area (Å²) in [6.45, 7) is 6.11. The highest BCUT2D eigenvalue weighted by Crippen LogP contribution is 2.16. The number of nitrogens with zero attached hydrogens (tertiary/aromatic N) is 1. The molecule has 1 heterocycles. The molecule has 7 nitrogen and oxygen atoms in total. The van der Waals surface area contributed by atoms with E-state index < -0.39 is 18.5 Å². The molecular formula is C19H23N3O4. The normalized spacial score (nSPS) is 10.3. The first kappa shape index (κ1) is 19.2. The van der Waals surface area contributed by atoms with Gasteiger partial charge in [-0.2, -0.15) is 0 Å². The van der Waals surface area contributed by atoms with Crippen LogP contribution in [0.15, 0.2) is 30.3 Å². The van der Waals surface area contributed by atoms with Gasteiger partial charge in [0.1, 0.15) is 0 Å². The van der Waals surface area contributed by atoms with Gasteiger partial charge in [-0.15, -0.1) is 0 Å². The molecule has 0 bridgehead atoms. The van der Waals surface area contributed by atoms with Crippen molar-refractivity contribution in [3.63, 3.8) is 0 Å². The number of carbonyl (C=O) groups is 3. The number of rotatable bonds is 6. The Bertz CT molecular complexity index is 839. The topological polar surface area (TPSA) is 89.4 Å². The molecule has 0 saturated heterocycles. The van der Waals surface area contributed by atoms with Crippen LogP contribution in [0, 0.1) is 13.8 Å². The van der Waals surface area contributed by atoms with Crippen LogP contribution in [0.25, 0.3) is 0 Å². The third-order valence-electron chi connectivity index (χ3n) is 4.08. The SMILES string of the molecule is CCn1c(C)cc(C(=O)OCC(=O)Nc2cccc(C(=O)NC)c2)c1C. The number of amides is 2. The Morgan fingerprint density at radius 1 is 1.15 bits per heavy atom. The van der Waals surface area contributed by atoms with Crippen molar-refractivity contribution < 1.29 is 19.1 Å². The highest BCUT2D eigenvalue weighted by atomic mass is 16.5. The predicted molar refractivity (Wildman–Crippen MR) is 98.3 cm³/mol. The molecule has 2 N–H and O–H groups in total. The fourth-order valence-corrected chi connectivity index (χ4v) is 2.78. The fourth-order valence-electron chi connectivity index (χ4n) is 2.78. The summed E-state index contributed by atoms with van der Waals surface area (Å²) in [5, 5.41) is 5.12. The van der Waals surface area contributed by atoms with Crippen LogP contribution in [0.5, 0.6) is 0 Å². The molecule has 7 heteroatoms. The van der Waals surface area contributed by atoms with Crippen molar-refractivity contribution in [3.05, 3.63) is 52.8 Å². The van der Waals surface area contributed by atoms with E-state index in [2.05, 4.69) is 10.6 Å². The van der Waals surface area contributed by atoms with E-state index >= 15 is 0 Å². The number of ether oxygens (including phenoxy) is 1. The molecule has 26 heavy (non-hydrogen) atoms. The zero-order valence-electron chi connectivity index (χ0n) is 15.4. The molecule has 0 unspecified atom stereocenters. The molecule has 0 aliphatic heterocycles. The summed E-state index contributed by atoms with van der Waals surface area (Å²) in [6, 6.07) is 8.25. The lowest BCUT2D eigenvalue weighted by Crippen LogP contribution is -2.22. The summed E-state index contributed by atoms with van der Waals surface area (Å²) in [5.41, 5.74) is 3.12. The minimum Gasteiger partial charge on any atom is -0.452 e. The second-order valence-electron chi connectivity index (χ2n) is 5.81. The number of anilines is 1. The maximum atomic E-state index is 12.2. The quantitative estimate of drug-likeness (QED) is 0.776. The fraction of sp³-hybridized carbons (Fsp3) is 0.316. The Balaban J connectivity index is 1.97. The van der Waals surface area contributed by atoms with Gasteiger partial charge in [0.25, 0.3) is 11.8 Å². The molecule has 2 amide bonds. The predicted octanol–water partition coefficient (Wildman–Crippen LogP) is 2.28. The Kier molecular flexibility index (Phi) is 6.16. The van der Waals surface area contributed by atoms with Crippen LogP contribution in [-0.2, 0) is 16.1 Å². The summed E-state index contributed by atoms with van der Waals surface area (Å²) < 4.78 is 7.11. The summed E-state index contributed by atoms with van der Waals surface area (Å²) in [6.07, 6.45) is 0. The van der Waals surface area contributed by atoms with E-state index in [1.807, 2.05) is 25.3 Å². The maximum absolute atomic E-state index is 12.2. The second-order valence-corrected chi connectivity index (χ2v) is 5.81. The molecule has 0 radical (unpaired) electrons. The molecule has 138 valence electrons. The zero-order valence-corrected chi connectivity index (χ0v) is 15.4. The number of aromatic nitrogens is 1. The van der Waals surface area contributed by atoms with Gasteiger partial charge in [0, 0.05) is 36.2 Å². The maximum Gasteiger partial charge on any atom is 0.340 e. The Hall–Kier alpha value is -3.09. The van der Waals surface area contributed by atoms with E-state index in [4.69, 9.17) is 4.74 Å². The first-order valence-corrected chi connectivity index (χ1v) is 8.33. The van der Waals surface area contributed by atoms with E-state index in [9.17, 15) is 14.4 Å². The van der Waals surface area contributed by atoms with E-state index in [1.54, 1.807) is 30.3 Å². The average Bonchev–Trinajstić information content (AvgIpc) is 2.92. The molecule has 0 spiro atoms. The van der Waals surface area contributed by atoms with Crippen molar-refractivity contribution in [3.8, 4) is 0 Å². The smallest absolute Gasteiger partial charge is 0.340 e. The molecule has 0 atom stereocenters. The van der Waals surface area contributed by atoms with Crippen LogP contribution in [0.4, 0.5) is 5.69 Å². The average molecular weight is 357 g/mol. The lowest BCUT2D eigenvalue weighted by molar-refractivity contribution is -0.119. The van der Waals surface area contributed by atoms with Gasteiger partial charge < -0.3 is 19.9 Å². The highest BCUT2D eigenvalue weighted by Gasteiger charge is 2.17. The van der Waals surface area contributed by atoms with Gasteiger partial charge in [-0.05, 0) is 45.0 Å². The van der Waals surface area contributed by atoms with Gasteiger partial charge >= 0.3 is 5.97 Å². The van der Waals surface area contributed by atoms with E-state index in [1.165, 1.54) is 7.05 Å². The van der Waals surface area contributed by atoms with Crippen molar-refractivity contribution in [1.29, 1.82) is 0 Å². The van der Waals surface area contributed by atoms with Crippen LogP contribution in [0.2, 0.25) is 0 Å². The number of aryl methyl sites for hydroxylation is 1. The number of hydrogen-bond acceptors (Lipinski definition) is 4. The third kappa shape index (κ3) is 4.30. The first-order valence-electron chi connectivity index (χ1n) is 8.33. The molecule has 0 aliphatic rings. The summed E-state index contributed by atoms with van der Waals surface area (Å²) in [5.74, 6) is -1.26. The van der Waals surface area contributed by atoms with Crippen LogP contribution in [0.1, 0.15) is 39.0 Å². The minimum absolute atomic E-state index is 0.251. The molecule has 1 aromatic heterocycles. The van der Waals surface area contributed by atoms with E-state index in [0.717, 1.165) is 17.9 Å². The van der Waals surface area contributed by atoms with Gasteiger partial charge in [-0.25, -0.2) is 4.79 Å². The number of benzene rings is 1. The number of esters is 1. The lowest BCUT2D eigenvalue weighted by Gasteiger charge is -2.08. The lowest BCUT2D eigenvalue weighted by atomic mass is 10.2. The molecule has 1 aromatic carbocycles. The largest absolute Gasteiger partial charge is 0.452 e. The van der Waals surface area contributed by atoms with Gasteiger partial charge in [0.05, 0.1) is 5.56 Å². The third-order valence-corrected chi connectivity index (χ3v) is 4.08. The Morgan fingerprint density at radius 3 is 2.50 bits per heavy atom. The number of hydrogen-bond donors (Lipinski definition) is 2. The zero-order chi connectivity index (χ0) is 19.3. The van der Waals surface area contributed by atoms with E-state index in [-0.39, 0.29) is 5.91 Å². The highest BCUT2D eigenvalue weighted by molar-refractivity contribution is 5.98. The monoisotopic (exact) mass is 357 g/mol. The Labute approximate surface area is 152 Å². The summed E-state index contributed by atoms with van der Waals surface area (Å²) in [7, 11) is 1.53. The Morgan fingerprint density at radius 2 is 1.88 bits per heavy atom. The molecule has 0 aliphatic carbocycles. The van der Waals surface area contributed by atoms with Crippen molar-refractivity contribution in [1.82, 2.24) is 9.88 Å². The molecule has 2 aromatic rings. The van der Waals surface area contributed by atoms with Gasteiger partial charge in [0.15, 0.2) is 6.61 Å². The van der Waals surface area contributed by atoms with Crippen molar-refractivity contribution >= 4 is 23.5 Å². The van der Waals surface area contributed by atoms with Crippen LogP contribution >= 0.6 is 0 Å². The van der Waals surface area contributed by atoms with Gasteiger partial charge in [-0.1, -0.05) is 6.07 Å². The van der Waals surface area contributed by atoms with Crippen molar-refractivity contribution in [2.45, 2.75) is 27.3 Å². The number of carbonyl (C=O) groups excluding carboxylic acids is 3. The number of nitrogens with one attached hydrogen (secondary N) is 2. The van der Waals surface area contributed by atoms with Crippen LogP contribution in [0.3, 0.4) is 0 Å². The van der Waals surface area contributed by atoms with Gasteiger partial charge in [0.2, 0.25) is 0 Å². The minimum atomic E-state index is -0.535. The van der Waals surface area contributed by atoms with Crippen molar-refractivity contribution in [2.75, 3.05) is 19.0 Å². The molecule has 2 rings (SSSR count). The summed E-state index contributed by atoms with van der Waals surface area (Å²) in [4.78, 5) is 35.9. The van der Waals surface area contributed by atoms with Crippen LogP contribution < -0.4 is 10.6 Å². The molecule has 0 saturated carbocycles. The van der Waals surface area contributed by atoms with E-state index in [0.29, 0.717) is 16.8 Å². The molecular weight excluding hydrogens is 334 g/mol. The standard InChI is InChI=1S/C19H23N3O4/c1-5-22-12(2)9-16(13(22)3)19(25)26-11-17(23)21-15-8-6-7-14(10-15)18(24)20-4/h6-10H,5,11H2,1-4H3,(H,20,24)(H,21,23). The second kappa shape index (κ2) is 8.33. The van der Waals surface area contributed by atoms with Gasteiger partial charge in [-0.3, -0.25) is 9.59 Å². The van der Waals surface area contributed by atoms with Crippen molar-refractivity contribution in [2.24, 2.45) is 0 Å². The van der Waals surface area contributed by atoms with Crippen LogP contribution in [-0.4, -0.2) is 36.0 Å². The molecule has 0 fully saturated rings.